The topological polar surface area (TPSA) is 49.3 Å². The van der Waals surface area contributed by atoms with Crippen molar-refractivity contribution in [3.63, 3.8) is 0 Å². The summed E-state index contributed by atoms with van der Waals surface area (Å²) in [6.45, 7) is 3.12. The first-order valence-corrected chi connectivity index (χ1v) is 10.9. The average Bonchev–Trinajstić information content (AvgIpc) is 3.03. The van der Waals surface area contributed by atoms with Crippen LogP contribution in [-0.2, 0) is 6.42 Å². The van der Waals surface area contributed by atoms with Crippen molar-refractivity contribution in [3.05, 3.63) is 76.0 Å². The maximum absolute atomic E-state index is 12.8. The summed E-state index contributed by atoms with van der Waals surface area (Å²) in [6, 6.07) is 17.9. The standard InChI is InChI=1S/C21H21BrN4OS/c22-18-9-4-8-17(15-18)20(27)25-10-5-11-26(13-12-25)21-23-19(24-28-21)14-16-6-2-1-3-7-16/h1-4,6-9,15H,5,10-14H2. The number of rotatable bonds is 4. The highest BCUT2D eigenvalue weighted by molar-refractivity contribution is 9.10. The second kappa shape index (κ2) is 8.84. The molecule has 0 spiro atoms. The Bertz CT molecular complexity index is 946. The highest BCUT2D eigenvalue weighted by Crippen LogP contribution is 2.21. The molecule has 0 saturated carbocycles. The van der Waals surface area contributed by atoms with Gasteiger partial charge in [0.1, 0.15) is 5.82 Å². The van der Waals surface area contributed by atoms with Crippen LogP contribution in [0.25, 0.3) is 0 Å². The number of nitrogens with zero attached hydrogens (tertiary/aromatic N) is 4. The van der Waals surface area contributed by atoms with Crippen molar-refractivity contribution in [3.8, 4) is 0 Å². The second-order valence-corrected chi connectivity index (χ2v) is 8.44. The van der Waals surface area contributed by atoms with Crippen LogP contribution >= 0.6 is 27.5 Å². The summed E-state index contributed by atoms with van der Waals surface area (Å²) in [5, 5.41) is 0.947. The van der Waals surface area contributed by atoms with Crippen LogP contribution < -0.4 is 4.90 Å². The van der Waals surface area contributed by atoms with Crippen LogP contribution in [0.5, 0.6) is 0 Å². The lowest BCUT2D eigenvalue weighted by Gasteiger charge is -2.21. The van der Waals surface area contributed by atoms with Gasteiger partial charge in [0.05, 0.1) is 0 Å². The van der Waals surface area contributed by atoms with E-state index in [1.165, 1.54) is 17.1 Å². The molecular weight excluding hydrogens is 436 g/mol. The van der Waals surface area contributed by atoms with Gasteiger partial charge in [-0.25, -0.2) is 4.98 Å². The molecule has 0 radical (unpaired) electrons. The molecule has 2 heterocycles. The number of aromatic nitrogens is 2. The number of carbonyl (C=O) groups excluding carboxylic acids is 1. The van der Waals surface area contributed by atoms with E-state index in [9.17, 15) is 4.79 Å². The Hall–Kier alpha value is -2.25. The van der Waals surface area contributed by atoms with Crippen molar-refractivity contribution in [2.24, 2.45) is 0 Å². The summed E-state index contributed by atoms with van der Waals surface area (Å²) in [5.41, 5.74) is 1.94. The van der Waals surface area contributed by atoms with Crippen molar-refractivity contribution >= 4 is 38.5 Å². The van der Waals surface area contributed by atoms with Gasteiger partial charge >= 0.3 is 0 Å². The SMILES string of the molecule is O=C(c1cccc(Br)c1)N1CCCN(c2nc(Cc3ccccc3)ns2)CC1. The number of halogens is 1. The summed E-state index contributed by atoms with van der Waals surface area (Å²) in [6.07, 6.45) is 1.67. The second-order valence-electron chi connectivity index (χ2n) is 6.80. The Labute approximate surface area is 177 Å². The Kier molecular flexibility index (Phi) is 6.02. The summed E-state index contributed by atoms with van der Waals surface area (Å²) in [5.74, 6) is 0.947. The van der Waals surface area contributed by atoms with E-state index in [4.69, 9.17) is 4.98 Å². The third-order valence-electron chi connectivity index (χ3n) is 4.79. The molecule has 2 aromatic carbocycles. The van der Waals surface area contributed by atoms with E-state index >= 15 is 0 Å². The predicted molar refractivity (Wildman–Crippen MR) is 116 cm³/mol. The number of anilines is 1. The van der Waals surface area contributed by atoms with E-state index in [1.807, 2.05) is 47.4 Å². The molecule has 144 valence electrons. The van der Waals surface area contributed by atoms with Crippen LogP contribution in [0.1, 0.15) is 28.2 Å². The maximum atomic E-state index is 12.8. The van der Waals surface area contributed by atoms with Gasteiger partial charge in [-0.05, 0) is 30.2 Å². The molecule has 1 aromatic heterocycles. The molecule has 0 aliphatic carbocycles. The van der Waals surface area contributed by atoms with Crippen molar-refractivity contribution in [2.75, 3.05) is 31.1 Å². The Morgan fingerprint density at radius 2 is 1.89 bits per heavy atom. The average molecular weight is 457 g/mol. The minimum atomic E-state index is 0.0881. The fourth-order valence-corrected chi connectivity index (χ4v) is 4.48. The first-order valence-electron chi connectivity index (χ1n) is 9.35. The fourth-order valence-electron chi connectivity index (χ4n) is 3.34. The largest absolute Gasteiger partial charge is 0.345 e. The molecule has 1 saturated heterocycles. The number of hydrogen-bond donors (Lipinski definition) is 0. The molecule has 1 aliphatic heterocycles. The van der Waals surface area contributed by atoms with Crippen LogP contribution in [0.2, 0.25) is 0 Å². The minimum Gasteiger partial charge on any atom is -0.345 e. The van der Waals surface area contributed by atoms with E-state index in [-0.39, 0.29) is 5.91 Å². The van der Waals surface area contributed by atoms with Crippen LogP contribution in [0.4, 0.5) is 5.13 Å². The van der Waals surface area contributed by atoms with Gasteiger partial charge < -0.3 is 9.80 Å². The number of benzene rings is 2. The van der Waals surface area contributed by atoms with Gasteiger partial charge in [0.15, 0.2) is 0 Å². The lowest BCUT2D eigenvalue weighted by Crippen LogP contribution is -2.35. The fraction of sp³-hybridized carbons (Fsp3) is 0.286. The Morgan fingerprint density at radius 3 is 2.71 bits per heavy atom. The molecular formula is C21H21BrN4OS. The van der Waals surface area contributed by atoms with Gasteiger partial charge in [-0.2, -0.15) is 4.37 Å². The molecule has 0 atom stereocenters. The number of carbonyl (C=O) groups is 1. The van der Waals surface area contributed by atoms with Crippen LogP contribution in [-0.4, -0.2) is 46.3 Å². The third kappa shape index (κ3) is 4.59. The first-order chi connectivity index (χ1) is 13.7. The van der Waals surface area contributed by atoms with Crippen molar-refractivity contribution in [1.82, 2.24) is 14.3 Å². The Balaban J connectivity index is 1.39. The van der Waals surface area contributed by atoms with Crippen molar-refractivity contribution in [2.45, 2.75) is 12.8 Å². The molecule has 5 nitrogen and oxygen atoms in total. The maximum Gasteiger partial charge on any atom is 0.253 e. The van der Waals surface area contributed by atoms with Gasteiger partial charge in [0.2, 0.25) is 5.13 Å². The van der Waals surface area contributed by atoms with Crippen molar-refractivity contribution < 1.29 is 4.79 Å². The van der Waals surface area contributed by atoms with Gasteiger partial charge in [-0.1, -0.05) is 52.3 Å². The van der Waals surface area contributed by atoms with E-state index in [1.54, 1.807) is 0 Å². The van der Waals surface area contributed by atoms with Crippen LogP contribution in [0.3, 0.4) is 0 Å². The number of hydrogen-bond acceptors (Lipinski definition) is 5. The lowest BCUT2D eigenvalue weighted by atomic mass is 10.1. The summed E-state index contributed by atoms with van der Waals surface area (Å²) < 4.78 is 5.46. The van der Waals surface area contributed by atoms with Gasteiger partial charge in [0.25, 0.3) is 5.91 Å². The molecule has 0 N–H and O–H groups in total. The van der Waals surface area contributed by atoms with Gasteiger partial charge in [-0.15, -0.1) is 0 Å². The summed E-state index contributed by atoms with van der Waals surface area (Å²) >= 11 is 4.89. The predicted octanol–water partition coefficient (Wildman–Crippen LogP) is 4.24. The molecule has 1 amide bonds. The molecule has 4 rings (SSSR count). The monoisotopic (exact) mass is 456 g/mol. The lowest BCUT2D eigenvalue weighted by molar-refractivity contribution is 0.0767. The summed E-state index contributed by atoms with van der Waals surface area (Å²) in [7, 11) is 0. The van der Waals surface area contributed by atoms with Gasteiger partial charge in [-0.3, -0.25) is 4.79 Å². The summed E-state index contributed by atoms with van der Waals surface area (Å²) in [4.78, 5) is 21.7. The third-order valence-corrected chi connectivity index (χ3v) is 6.10. The highest BCUT2D eigenvalue weighted by Gasteiger charge is 2.22. The molecule has 0 unspecified atom stereocenters. The van der Waals surface area contributed by atoms with E-state index in [0.29, 0.717) is 6.54 Å². The highest BCUT2D eigenvalue weighted by atomic mass is 79.9. The van der Waals surface area contributed by atoms with Crippen LogP contribution in [0.15, 0.2) is 59.1 Å². The van der Waals surface area contributed by atoms with E-state index in [0.717, 1.165) is 53.5 Å². The van der Waals surface area contributed by atoms with E-state index < -0.39 is 0 Å². The smallest absolute Gasteiger partial charge is 0.253 e. The molecule has 1 fully saturated rings. The normalized spacial score (nSPS) is 14.8. The minimum absolute atomic E-state index is 0.0881. The molecule has 1 aliphatic rings. The quantitative estimate of drug-likeness (QED) is 0.588. The zero-order valence-electron chi connectivity index (χ0n) is 15.4. The van der Waals surface area contributed by atoms with Crippen molar-refractivity contribution in [1.29, 1.82) is 0 Å². The number of amides is 1. The van der Waals surface area contributed by atoms with Gasteiger partial charge in [0, 0.05) is 54.2 Å². The Morgan fingerprint density at radius 1 is 1.04 bits per heavy atom. The first kappa shape index (κ1) is 19.1. The zero-order valence-corrected chi connectivity index (χ0v) is 17.8. The molecule has 28 heavy (non-hydrogen) atoms. The molecule has 0 bridgehead atoms. The van der Waals surface area contributed by atoms with Crippen LogP contribution in [0, 0.1) is 0 Å². The molecule has 7 heteroatoms. The van der Waals surface area contributed by atoms with E-state index in [2.05, 4.69) is 37.3 Å². The zero-order chi connectivity index (χ0) is 19.3. The molecule has 3 aromatic rings.